The van der Waals surface area contributed by atoms with E-state index in [1.807, 2.05) is 80.8 Å². The van der Waals surface area contributed by atoms with Crippen LogP contribution in [0.4, 0.5) is 0 Å². The highest BCUT2D eigenvalue weighted by atomic mass is 16.5. The molecule has 6 heteroatoms. The smallest absolute Gasteiger partial charge is 0.224 e. The Morgan fingerprint density at radius 2 is 2.03 bits per heavy atom. The number of pyridine rings is 1. The van der Waals surface area contributed by atoms with E-state index in [0.29, 0.717) is 6.42 Å². The lowest BCUT2D eigenvalue weighted by atomic mass is 9.97. The summed E-state index contributed by atoms with van der Waals surface area (Å²) in [5, 5.41) is 10.4. The number of hydrogen-bond acceptors (Lipinski definition) is 4. The van der Waals surface area contributed by atoms with Crippen molar-refractivity contribution in [1.82, 2.24) is 20.5 Å². The van der Waals surface area contributed by atoms with Crippen molar-refractivity contribution < 1.29 is 9.53 Å². The molecule has 2 aromatic heterocycles. The number of allylic oxidation sites excluding steroid dienone is 10. The zero-order chi connectivity index (χ0) is 26.5. The molecule has 194 valence electrons. The fourth-order valence-electron chi connectivity index (χ4n) is 3.90. The first-order chi connectivity index (χ1) is 18.0. The Morgan fingerprint density at radius 1 is 1.16 bits per heavy atom. The van der Waals surface area contributed by atoms with Gasteiger partial charge in [0.25, 0.3) is 0 Å². The molecular formula is C31H38N4O2. The monoisotopic (exact) mass is 498 g/mol. The highest BCUT2D eigenvalue weighted by Gasteiger charge is 2.13. The molecule has 0 saturated carbocycles. The molecule has 37 heavy (non-hydrogen) atoms. The lowest BCUT2D eigenvalue weighted by molar-refractivity contribution is -0.120. The summed E-state index contributed by atoms with van der Waals surface area (Å²) in [6.07, 6.45) is 20.2. The number of rotatable bonds is 12. The molecule has 1 amide bonds. The van der Waals surface area contributed by atoms with Crippen LogP contribution in [-0.2, 0) is 9.53 Å². The molecule has 0 saturated heterocycles. The Bertz CT molecular complexity index is 1230. The third-order valence-corrected chi connectivity index (χ3v) is 5.92. The number of ether oxygens (including phenoxy) is 1. The van der Waals surface area contributed by atoms with Gasteiger partial charge >= 0.3 is 0 Å². The van der Waals surface area contributed by atoms with Crippen molar-refractivity contribution in [2.24, 2.45) is 0 Å². The molecule has 3 rings (SSSR count). The van der Waals surface area contributed by atoms with Gasteiger partial charge in [0.1, 0.15) is 5.69 Å². The summed E-state index contributed by atoms with van der Waals surface area (Å²) in [6.45, 7) is 11.8. The molecule has 0 spiro atoms. The second-order valence-electron chi connectivity index (χ2n) is 8.97. The van der Waals surface area contributed by atoms with Gasteiger partial charge in [-0.2, -0.15) is 5.10 Å². The SMILES string of the molecule is C=C1\C=C/C(c2c[nH]nc2-c2cccc(C)n2)=C/C=C/C1=C/C(=C\C)NC(=O)CCCCCOCCC. The fraction of sp³-hybridized carbons (Fsp3) is 0.323. The molecule has 0 aromatic carbocycles. The molecule has 0 radical (unpaired) electrons. The number of aryl methyl sites for hydroxylation is 1. The highest BCUT2D eigenvalue weighted by molar-refractivity contribution is 5.84. The first-order valence-corrected chi connectivity index (χ1v) is 13.0. The van der Waals surface area contributed by atoms with Crippen LogP contribution in [0, 0.1) is 6.92 Å². The van der Waals surface area contributed by atoms with Crippen LogP contribution in [0.25, 0.3) is 17.0 Å². The predicted octanol–water partition coefficient (Wildman–Crippen LogP) is 6.78. The molecule has 2 aromatic rings. The Labute approximate surface area is 220 Å². The van der Waals surface area contributed by atoms with E-state index >= 15 is 0 Å². The van der Waals surface area contributed by atoms with Gasteiger partial charge in [-0.05, 0) is 68.0 Å². The number of aromatic amines is 1. The van der Waals surface area contributed by atoms with E-state index in [0.717, 1.165) is 84.0 Å². The summed E-state index contributed by atoms with van der Waals surface area (Å²) < 4.78 is 5.49. The second kappa shape index (κ2) is 14.7. The third-order valence-electron chi connectivity index (χ3n) is 5.92. The first-order valence-electron chi connectivity index (χ1n) is 13.0. The van der Waals surface area contributed by atoms with Crippen LogP contribution in [0.15, 0.2) is 90.4 Å². The van der Waals surface area contributed by atoms with Crippen molar-refractivity contribution in [1.29, 1.82) is 0 Å². The van der Waals surface area contributed by atoms with E-state index < -0.39 is 0 Å². The van der Waals surface area contributed by atoms with Gasteiger partial charge in [0.15, 0.2) is 0 Å². The van der Waals surface area contributed by atoms with Crippen molar-refractivity contribution in [2.75, 3.05) is 13.2 Å². The molecule has 0 bridgehead atoms. The molecule has 0 unspecified atom stereocenters. The second-order valence-corrected chi connectivity index (χ2v) is 8.97. The highest BCUT2D eigenvalue weighted by Crippen LogP contribution is 2.29. The average Bonchev–Trinajstić information content (AvgIpc) is 3.37. The molecule has 1 aliphatic carbocycles. The lowest BCUT2D eigenvalue weighted by Crippen LogP contribution is -2.21. The topological polar surface area (TPSA) is 79.9 Å². The Hall–Kier alpha value is -3.77. The number of nitrogens with one attached hydrogen (secondary N) is 2. The Balaban J connectivity index is 1.64. The van der Waals surface area contributed by atoms with Crippen LogP contribution in [0.3, 0.4) is 0 Å². The summed E-state index contributed by atoms with van der Waals surface area (Å²) in [5.41, 5.74) is 7.10. The van der Waals surface area contributed by atoms with Gasteiger partial charge in [0.2, 0.25) is 5.91 Å². The minimum atomic E-state index is 0.0230. The number of hydrogen-bond donors (Lipinski definition) is 2. The zero-order valence-corrected chi connectivity index (χ0v) is 22.2. The number of unbranched alkanes of at least 4 members (excludes halogenated alkanes) is 2. The maximum Gasteiger partial charge on any atom is 0.224 e. The van der Waals surface area contributed by atoms with E-state index in [4.69, 9.17) is 4.74 Å². The van der Waals surface area contributed by atoms with E-state index in [1.54, 1.807) is 0 Å². The maximum absolute atomic E-state index is 12.4. The van der Waals surface area contributed by atoms with E-state index in [1.165, 1.54) is 0 Å². The quantitative estimate of drug-likeness (QED) is 0.316. The fourth-order valence-corrected chi connectivity index (χ4v) is 3.90. The molecule has 0 fully saturated rings. The predicted molar refractivity (Wildman–Crippen MR) is 152 cm³/mol. The van der Waals surface area contributed by atoms with Crippen LogP contribution >= 0.6 is 0 Å². The average molecular weight is 499 g/mol. The number of amides is 1. The van der Waals surface area contributed by atoms with Crippen LogP contribution < -0.4 is 5.32 Å². The van der Waals surface area contributed by atoms with Gasteiger partial charge in [-0.25, -0.2) is 0 Å². The van der Waals surface area contributed by atoms with Gasteiger partial charge in [0, 0.05) is 42.8 Å². The number of carbonyl (C=O) groups is 1. The van der Waals surface area contributed by atoms with Crippen LogP contribution in [-0.4, -0.2) is 34.3 Å². The molecule has 1 aliphatic rings. The molecule has 0 aliphatic heterocycles. The number of H-pyrrole nitrogens is 1. The lowest BCUT2D eigenvalue weighted by Gasteiger charge is -2.11. The molecule has 6 nitrogen and oxygen atoms in total. The van der Waals surface area contributed by atoms with E-state index in [9.17, 15) is 4.79 Å². The van der Waals surface area contributed by atoms with Crippen molar-refractivity contribution in [3.05, 3.63) is 102 Å². The molecule has 2 heterocycles. The third kappa shape index (κ3) is 8.69. The van der Waals surface area contributed by atoms with Gasteiger partial charge in [0.05, 0.1) is 5.69 Å². The summed E-state index contributed by atoms with van der Waals surface area (Å²) >= 11 is 0. The molecular weight excluding hydrogens is 460 g/mol. The largest absolute Gasteiger partial charge is 0.381 e. The summed E-state index contributed by atoms with van der Waals surface area (Å²) in [4.78, 5) is 17.1. The normalized spacial score (nSPS) is 18.1. The minimum absolute atomic E-state index is 0.0230. The van der Waals surface area contributed by atoms with Gasteiger partial charge in [-0.15, -0.1) is 0 Å². The summed E-state index contributed by atoms with van der Waals surface area (Å²) in [7, 11) is 0. The van der Waals surface area contributed by atoms with Crippen molar-refractivity contribution >= 4 is 11.5 Å². The van der Waals surface area contributed by atoms with Gasteiger partial charge in [-0.3, -0.25) is 14.9 Å². The van der Waals surface area contributed by atoms with E-state index in [2.05, 4.69) is 34.0 Å². The minimum Gasteiger partial charge on any atom is -0.381 e. The van der Waals surface area contributed by atoms with Crippen molar-refractivity contribution in [3.8, 4) is 11.4 Å². The summed E-state index contributed by atoms with van der Waals surface area (Å²) in [5.74, 6) is 0.0230. The van der Waals surface area contributed by atoms with Crippen LogP contribution in [0.2, 0.25) is 0 Å². The van der Waals surface area contributed by atoms with Crippen molar-refractivity contribution in [3.63, 3.8) is 0 Å². The van der Waals surface area contributed by atoms with Gasteiger partial charge in [-0.1, -0.05) is 62.4 Å². The van der Waals surface area contributed by atoms with Crippen LogP contribution in [0.5, 0.6) is 0 Å². The van der Waals surface area contributed by atoms with Crippen molar-refractivity contribution in [2.45, 2.75) is 52.9 Å². The Morgan fingerprint density at radius 3 is 2.81 bits per heavy atom. The number of nitrogens with zero attached hydrogens (tertiary/aromatic N) is 2. The maximum atomic E-state index is 12.4. The Kier molecular flexibility index (Phi) is 11.1. The molecule has 0 atom stereocenters. The first kappa shape index (κ1) is 27.8. The standard InChI is InChI=1S/C31H38N4O2/c1-5-19-37-20-9-7-8-16-30(36)34-27(6-2)21-26-14-11-13-25(18-17-23(26)3)28-22-32-35-31(28)29-15-10-12-24(4)33-29/h6,10-15,17-18,21-22H,3,5,7-9,16,19-20H2,1-2,4H3,(H,32,35)(H,34,36)/b14-11+,18-17-,25-13-,26-21-,27-6+. The summed E-state index contributed by atoms with van der Waals surface area (Å²) in [6, 6.07) is 5.92. The van der Waals surface area contributed by atoms with Crippen LogP contribution in [0.1, 0.15) is 57.2 Å². The van der Waals surface area contributed by atoms with E-state index in [-0.39, 0.29) is 5.91 Å². The number of carbonyl (C=O) groups excluding carboxylic acids is 1. The molecule has 2 N–H and O–H groups in total. The number of aromatic nitrogens is 3. The zero-order valence-electron chi connectivity index (χ0n) is 22.2. The van der Waals surface area contributed by atoms with Gasteiger partial charge < -0.3 is 10.1 Å².